The van der Waals surface area contributed by atoms with Crippen LogP contribution in [0.2, 0.25) is 5.15 Å². The quantitative estimate of drug-likeness (QED) is 0.867. The Balaban J connectivity index is 2.12. The van der Waals surface area contributed by atoms with E-state index in [9.17, 15) is 9.18 Å². The molecule has 0 spiro atoms. The van der Waals surface area contributed by atoms with Gasteiger partial charge in [-0.3, -0.25) is 4.79 Å². The third kappa shape index (κ3) is 3.26. The zero-order valence-electron chi connectivity index (χ0n) is 10.2. The minimum absolute atomic E-state index is 0.163. The number of nitrogens with zero attached hydrogens (tertiary/aromatic N) is 3. The second-order valence-corrected chi connectivity index (χ2v) is 4.36. The van der Waals surface area contributed by atoms with Crippen molar-refractivity contribution in [3.8, 4) is 0 Å². The van der Waals surface area contributed by atoms with Crippen molar-refractivity contribution in [2.24, 2.45) is 0 Å². The van der Waals surface area contributed by atoms with Gasteiger partial charge in [0.2, 0.25) is 0 Å². The summed E-state index contributed by atoms with van der Waals surface area (Å²) in [5.74, 6) is -0.684. The van der Waals surface area contributed by atoms with E-state index in [0.29, 0.717) is 5.56 Å². The Morgan fingerprint density at radius 2 is 2.05 bits per heavy atom. The minimum Gasteiger partial charge on any atom is -0.336 e. The summed E-state index contributed by atoms with van der Waals surface area (Å²) in [6.45, 7) is 0.163. The second-order valence-electron chi connectivity index (χ2n) is 3.98. The third-order valence-electron chi connectivity index (χ3n) is 2.55. The number of carbonyl (C=O) groups excluding carboxylic acids is 1. The molecule has 0 bridgehead atoms. The summed E-state index contributed by atoms with van der Waals surface area (Å²) in [4.78, 5) is 21.1. The Morgan fingerprint density at radius 1 is 1.32 bits per heavy atom. The van der Waals surface area contributed by atoms with Gasteiger partial charge in [0.1, 0.15) is 16.7 Å². The van der Waals surface area contributed by atoms with Crippen molar-refractivity contribution in [1.82, 2.24) is 14.9 Å². The monoisotopic (exact) mass is 279 g/mol. The van der Waals surface area contributed by atoms with E-state index in [4.69, 9.17) is 11.6 Å². The highest BCUT2D eigenvalue weighted by Gasteiger charge is 2.15. The van der Waals surface area contributed by atoms with Crippen molar-refractivity contribution in [2.75, 3.05) is 7.05 Å². The SMILES string of the molecule is CN(Cc1ccccc1F)C(=O)c1cnc(Cl)cn1. The van der Waals surface area contributed by atoms with Gasteiger partial charge in [-0.15, -0.1) is 0 Å². The smallest absolute Gasteiger partial charge is 0.274 e. The highest BCUT2D eigenvalue weighted by Crippen LogP contribution is 2.11. The van der Waals surface area contributed by atoms with Gasteiger partial charge < -0.3 is 4.90 Å². The zero-order valence-corrected chi connectivity index (χ0v) is 10.9. The predicted molar refractivity (Wildman–Crippen MR) is 69.2 cm³/mol. The lowest BCUT2D eigenvalue weighted by Gasteiger charge is -2.16. The van der Waals surface area contributed by atoms with Crippen molar-refractivity contribution >= 4 is 17.5 Å². The van der Waals surface area contributed by atoms with Crippen molar-refractivity contribution in [3.63, 3.8) is 0 Å². The van der Waals surface area contributed by atoms with Crippen molar-refractivity contribution in [2.45, 2.75) is 6.54 Å². The average Bonchev–Trinajstić information content (AvgIpc) is 2.41. The van der Waals surface area contributed by atoms with E-state index in [2.05, 4.69) is 9.97 Å². The highest BCUT2D eigenvalue weighted by atomic mass is 35.5. The number of amides is 1. The molecule has 0 unspecified atom stereocenters. The van der Waals surface area contributed by atoms with Crippen LogP contribution in [0.4, 0.5) is 4.39 Å². The lowest BCUT2D eigenvalue weighted by atomic mass is 10.2. The molecule has 0 fully saturated rings. The first-order valence-electron chi connectivity index (χ1n) is 5.54. The van der Waals surface area contributed by atoms with Crippen LogP contribution in [0.5, 0.6) is 0 Å². The fourth-order valence-electron chi connectivity index (χ4n) is 1.57. The van der Waals surface area contributed by atoms with Gasteiger partial charge in [-0.2, -0.15) is 0 Å². The van der Waals surface area contributed by atoms with E-state index in [1.165, 1.54) is 23.4 Å². The lowest BCUT2D eigenvalue weighted by Crippen LogP contribution is -2.27. The molecule has 0 atom stereocenters. The molecule has 1 aromatic carbocycles. The van der Waals surface area contributed by atoms with Gasteiger partial charge >= 0.3 is 0 Å². The summed E-state index contributed by atoms with van der Waals surface area (Å²) in [6.07, 6.45) is 2.59. The summed E-state index contributed by atoms with van der Waals surface area (Å²) in [5, 5.41) is 0.216. The summed E-state index contributed by atoms with van der Waals surface area (Å²) in [6, 6.07) is 6.31. The molecule has 1 aromatic heterocycles. The molecule has 19 heavy (non-hydrogen) atoms. The fourth-order valence-corrected chi connectivity index (χ4v) is 1.67. The molecule has 0 saturated carbocycles. The van der Waals surface area contributed by atoms with Gasteiger partial charge in [0.05, 0.1) is 12.4 Å². The van der Waals surface area contributed by atoms with Crippen LogP contribution < -0.4 is 0 Å². The second kappa shape index (κ2) is 5.75. The molecule has 0 N–H and O–H groups in total. The Labute approximate surface area is 114 Å². The van der Waals surface area contributed by atoms with Crippen molar-refractivity contribution < 1.29 is 9.18 Å². The molecule has 0 aliphatic heterocycles. The van der Waals surface area contributed by atoms with Gasteiger partial charge in [0.25, 0.3) is 5.91 Å². The average molecular weight is 280 g/mol. The van der Waals surface area contributed by atoms with Gasteiger partial charge in [0.15, 0.2) is 0 Å². The zero-order chi connectivity index (χ0) is 13.8. The van der Waals surface area contributed by atoms with Gasteiger partial charge in [-0.1, -0.05) is 29.8 Å². The van der Waals surface area contributed by atoms with Gasteiger partial charge in [-0.25, -0.2) is 14.4 Å². The summed E-state index contributed by atoms with van der Waals surface area (Å²) in [7, 11) is 1.57. The predicted octanol–water partition coefficient (Wildman–Crippen LogP) is 2.54. The van der Waals surface area contributed by atoms with Crippen LogP contribution in [-0.4, -0.2) is 27.8 Å². The number of hydrogen-bond donors (Lipinski definition) is 0. The fraction of sp³-hybridized carbons (Fsp3) is 0.154. The van der Waals surface area contributed by atoms with E-state index >= 15 is 0 Å². The molecule has 0 aliphatic carbocycles. The molecule has 98 valence electrons. The molecule has 6 heteroatoms. The molecule has 4 nitrogen and oxygen atoms in total. The van der Waals surface area contributed by atoms with Crippen molar-refractivity contribution in [1.29, 1.82) is 0 Å². The van der Waals surface area contributed by atoms with Crippen LogP contribution in [0.15, 0.2) is 36.7 Å². The Morgan fingerprint density at radius 3 is 2.68 bits per heavy atom. The first-order chi connectivity index (χ1) is 9.08. The Hall–Kier alpha value is -2.01. The van der Waals surface area contributed by atoms with E-state index in [0.717, 1.165) is 0 Å². The molecule has 1 heterocycles. The van der Waals surface area contributed by atoms with Crippen molar-refractivity contribution in [3.05, 3.63) is 58.9 Å². The largest absolute Gasteiger partial charge is 0.336 e. The maximum Gasteiger partial charge on any atom is 0.274 e. The first kappa shape index (κ1) is 13.4. The molecule has 0 radical (unpaired) electrons. The van der Waals surface area contributed by atoms with E-state index in [1.807, 2.05) is 0 Å². The number of carbonyl (C=O) groups is 1. The molecular weight excluding hydrogens is 269 g/mol. The van der Waals surface area contributed by atoms with Crippen LogP contribution in [0, 0.1) is 5.82 Å². The van der Waals surface area contributed by atoms with Crippen LogP contribution >= 0.6 is 11.6 Å². The van der Waals surface area contributed by atoms with E-state index in [1.54, 1.807) is 25.2 Å². The van der Waals surface area contributed by atoms with Crippen LogP contribution in [0.3, 0.4) is 0 Å². The Kier molecular flexibility index (Phi) is 4.06. The van der Waals surface area contributed by atoms with E-state index < -0.39 is 0 Å². The number of rotatable bonds is 3. The number of halogens is 2. The maximum atomic E-state index is 13.5. The van der Waals surface area contributed by atoms with Gasteiger partial charge in [0, 0.05) is 19.2 Å². The number of aromatic nitrogens is 2. The number of hydrogen-bond acceptors (Lipinski definition) is 3. The molecule has 2 rings (SSSR count). The molecule has 2 aromatic rings. The normalized spacial score (nSPS) is 10.3. The number of benzene rings is 1. The van der Waals surface area contributed by atoms with Crippen LogP contribution in [0.1, 0.15) is 16.1 Å². The van der Waals surface area contributed by atoms with Crippen LogP contribution in [0.25, 0.3) is 0 Å². The summed E-state index contributed by atoms with van der Waals surface area (Å²) >= 11 is 5.60. The topological polar surface area (TPSA) is 46.1 Å². The summed E-state index contributed by atoms with van der Waals surface area (Å²) in [5.41, 5.74) is 0.614. The first-order valence-corrected chi connectivity index (χ1v) is 5.92. The third-order valence-corrected chi connectivity index (χ3v) is 2.75. The van der Waals surface area contributed by atoms with E-state index in [-0.39, 0.29) is 29.1 Å². The molecule has 0 saturated heterocycles. The van der Waals surface area contributed by atoms with Gasteiger partial charge in [-0.05, 0) is 6.07 Å². The molecular formula is C13H11ClFN3O. The standard InChI is InChI=1S/C13H11ClFN3O/c1-18(8-9-4-2-3-5-10(9)15)13(19)11-6-17-12(14)7-16-11/h2-7H,8H2,1H3. The minimum atomic E-state index is -0.343. The molecule has 1 amide bonds. The molecule has 0 aliphatic rings. The Bertz CT molecular complexity index is 589. The van der Waals surface area contributed by atoms with Crippen LogP contribution in [-0.2, 0) is 6.54 Å². The maximum absolute atomic E-state index is 13.5. The summed E-state index contributed by atoms with van der Waals surface area (Å²) < 4.78 is 13.5. The lowest BCUT2D eigenvalue weighted by molar-refractivity contribution is 0.0777. The highest BCUT2D eigenvalue weighted by molar-refractivity contribution is 6.29.